The van der Waals surface area contributed by atoms with Crippen molar-refractivity contribution >= 4 is 33.3 Å². The Hall–Kier alpha value is -3.23. The van der Waals surface area contributed by atoms with E-state index in [1.165, 1.54) is 16.8 Å². The molecule has 2 heterocycles. The zero-order valence-corrected chi connectivity index (χ0v) is 9.83. The first-order chi connectivity index (χ1) is 9.72. The Morgan fingerprint density at radius 1 is 1.20 bits per heavy atom. The molecule has 0 saturated carbocycles. The third-order valence-electron chi connectivity index (χ3n) is 3.02. The van der Waals surface area contributed by atoms with Crippen LogP contribution >= 0.6 is 0 Å². The van der Waals surface area contributed by atoms with Crippen LogP contribution in [0, 0.1) is 10.1 Å². The van der Waals surface area contributed by atoms with E-state index in [2.05, 4.69) is 25.6 Å². The average molecular weight is 267 g/mol. The molecule has 0 atom stereocenters. The van der Waals surface area contributed by atoms with Crippen LogP contribution in [0.1, 0.15) is 0 Å². The number of nitro groups is 1. The SMILES string of the molecule is O=[N+]([O-])c1ccc2c(ccc3nc4nnnn4nc32)c1. The summed E-state index contributed by atoms with van der Waals surface area (Å²) in [7, 11) is 0. The van der Waals surface area contributed by atoms with Gasteiger partial charge in [0.15, 0.2) is 0 Å². The van der Waals surface area contributed by atoms with Crippen molar-refractivity contribution in [3.63, 3.8) is 0 Å². The standard InChI is InChI=1S/C11H5N7O2/c19-18(20)7-2-3-8-6(5-7)1-4-9-10(8)14-17-11(12-9)13-15-16-17/h1-5H. The van der Waals surface area contributed by atoms with Crippen molar-refractivity contribution in [1.82, 2.24) is 30.2 Å². The minimum absolute atomic E-state index is 0.0355. The Labute approximate surface area is 110 Å². The number of non-ortho nitro benzene ring substituents is 1. The summed E-state index contributed by atoms with van der Waals surface area (Å²) in [5.41, 5.74) is 1.26. The Balaban J connectivity index is 2.13. The van der Waals surface area contributed by atoms with E-state index in [4.69, 9.17) is 0 Å². The van der Waals surface area contributed by atoms with Gasteiger partial charge in [-0.3, -0.25) is 10.1 Å². The van der Waals surface area contributed by atoms with Crippen LogP contribution in [-0.2, 0) is 0 Å². The fourth-order valence-corrected chi connectivity index (χ4v) is 2.11. The van der Waals surface area contributed by atoms with Crippen molar-refractivity contribution in [3.05, 3.63) is 40.4 Å². The molecule has 0 aliphatic heterocycles. The van der Waals surface area contributed by atoms with Crippen LogP contribution in [-0.4, -0.2) is 35.2 Å². The zero-order valence-electron chi connectivity index (χ0n) is 9.83. The summed E-state index contributed by atoms with van der Waals surface area (Å²) >= 11 is 0. The van der Waals surface area contributed by atoms with E-state index in [0.29, 0.717) is 22.2 Å². The summed E-state index contributed by atoms with van der Waals surface area (Å²) in [5, 5.41) is 27.5. The van der Waals surface area contributed by atoms with Gasteiger partial charge >= 0.3 is 0 Å². The van der Waals surface area contributed by atoms with Crippen LogP contribution in [0.15, 0.2) is 30.3 Å². The monoisotopic (exact) mass is 267 g/mol. The highest BCUT2D eigenvalue weighted by Crippen LogP contribution is 2.26. The van der Waals surface area contributed by atoms with Crippen LogP contribution in [0.25, 0.3) is 27.6 Å². The molecule has 0 bridgehead atoms. The molecule has 4 aromatic rings. The Kier molecular flexibility index (Phi) is 1.94. The molecule has 0 aliphatic carbocycles. The smallest absolute Gasteiger partial charge is 0.258 e. The van der Waals surface area contributed by atoms with Gasteiger partial charge in [-0.15, -0.1) is 5.10 Å². The molecule has 0 aliphatic rings. The molecule has 20 heavy (non-hydrogen) atoms. The van der Waals surface area contributed by atoms with E-state index >= 15 is 0 Å². The number of nitro benzene ring substituents is 1. The first kappa shape index (κ1) is 10.7. The second-order valence-electron chi connectivity index (χ2n) is 4.18. The van der Waals surface area contributed by atoms with Crippen molar-refractivity contribution in [1.29, 1.82) is 0 Å². The molecule has 4 rings (SSSR count). The number of hydrogen-bond acceptors (Lipinski definition) is 7. The first-order valence-electron chi connectivity index (χ1n) is 5.66. The van der Waals surface area contributed by atoms with Gasteiger partial charge in [0, 0.05) is 17.5 Å². The molecular weight excluding hydrogens is 262 g/mol. The van der Waals surface area contributed by atoms with Crippen LogP contribution < -0.4 is 0 Å². The van der Waals surface area contributed by atoms with Gasteiger partial charge in [0.05, 0.1) is 10.4 Å². The number of hydrogen-bond donors (Lipinski definition) is 0. The van der Waals surface area contributed by atoms with E-state index in [1.807, 2.05) is 0 Å². The van der Waals surface area contributed by atoms with E-state index in [-0.39, 0.29) is 5.69 Å². The third kappa shape index (κ3) is 1.40. The lowest BCUT2D eigenvalue weighted by Crippen LogP contribution is -1.98. The van der Waals surface area contributed by atoms with E-state index in [0.717, 1.165) is 5.39 Å². The number of benzene rings is 2. The highest BCUT2D eigenvalue weighted by molar-refractivity contribution is 6.04. The summed E-state index contributed by atoms with van der Waals surface area (Å²) in [6, 6.07) is 8.09. The van der Waals surface area contributed by atoms with Crippen LogP contribution in [0.5, 0.6) is 0 Å². The lowest BCUT2D eigenvalue weighted by molar-refractivity contribution is -0.384. The van der Waals surface area contributed by atoms with Crippen molar-refractivity contribution in [2.24, 2.45) is 0 Å². The highest BCUT2D eigenvalue weighted by atomic mass is 16.6. The van der Waals surface area contributed by atoms with Crippen molar-refractivity contribution in [2.45, 2.75) is 0 Å². The van der Waals surface area contributed by atoms with E-state index in [9.17, 15) is 10.1 Å². The van der Waals surface area contributed by atoms with E-state index < -0.39 is 4.92 Å². The van der Waals surface area contributed by atoms with Crippen LogP contribution in [0.3, 0.4) is 0 Å². The Morgan fingerprint density at radius 3 is 2.95 bits per heavy atom. The number of aromatic nitrogens is 6. The fourth-order valence-electron chi connectivity index (χ4n) is 2.11. The maximum Gasteiger partial charge on any atom is 0.291 e. The molecule has 0 saturated heterocycles. The molecule has 2 aromatic carbocycles. The third-order valence-corrected chi connectivity index (χ3v) is 3.02. The van der Waals surface area contributed by atoms with E-state index in [1.54, 1.807) is 18.2 Å². The number of tetrazole rings is 1. The number of nitrogens with zero attached hydrogens (tertiary/aromatic N) is 7. The summed E-state index contributed by atoms with van der Waals surface area (Å²) < 4.78 is 1.23. The molecule has 0 N–H and O–H groups in total. The summed E-state index contributed by atoms with van der Waals surface area (Å²) in [6.45, 7) is 0. The largest absolute Gasteiger partial charge is 0.291 e. The molecule has 0 amide bonds. The summed E-state index contributed by atoms with van der Waals surface area (Å²) in [5.74, 6) is 0.304. The molecule has 0 radical (unpaired) electrons. The summed E-state index contributed by atoms with van der Waals surface area (Å²) in [4.78, 5) is 14.6. The maximum atomic E-state index is 10.8. The van der Waals surface area contributed by atoms with Gasteiger partial charge in [-0.05, 0) is 27.9 Å². The van der Waals surface area contributed by atoms with Crippen molar-refractivity contribution < 1.29 is 4.92 Å². The lowest BCUT2D eigenvalue weighted by Gasteiger charge is -2.02. The molecule has 0 unspecified atom stereocenters. The van der Waals surface area contributed by atoms with Gasteiger partial charge in [0.1, 0.15) is 5.52 Å². The zero-order chi connectivity index (χ0) is 13.7. The topological polar surface area (TPSA) is 112 Å². The predicted molar refractivity (Wildman–Crippen MR) is 68.0 cm³/mol. The van der Waals surface area contributed by atoms with Crippen molar-refractivity contribution in [2.75, 3.05) is 0 Å². The molecule has 96 valence electrons. The second kappa shape index (κ2) is 3.63. The van der Waals surface area contributed by atoms with Gasteiger partial charge in [-0.1, -0.05) is 15.8 Å². The Bertz CT molecular complexity index is 994. The Morgan fingerprint density at radius 2 is 2.10 bits per heavy atom. The van der Waals surface area contributed by atoms with Gasteiger partial charge < -0.3 is 0 Å². The molecule has 0 spiro atoms. The second-order valence-corrected chi connectivity index (χ2v) is 4.18. The fraction of sp³-hybridized carbons (Fsp3) is 0. The normalized spacial score (nSPS) is 11.4. The predicted octanol–water partition coefficient (Wildman–Crippen LogP) is 1.13. The van der Waals surface area contributed by atoms with Crippen molar-refractivity contribution in [3.8, 4) is 0 Å². The minimum Gasteiger partial charge on any atom is -0.258 e. The first-order valence-corrected chi connectivity index (χ1v) is 5.66. The number of fused-ring (bicyclic) bond motifs is 4. The molecule has 2 aromatic heterocycles. The van der Waals surface area contributed by atoms with Gasteiger partial charge in [-0.2, -0.15) is 0 Å². The maximum absolute atomic E-state index is 10.8. The van der Waals surface area contributed by atoms with Gasteiger partial charge in [-0.25, -0.2) is 4.98 Å². The summed E-state index contributed by atoms with van der Waals surface area (Å²) in [6.07, 6.45) is 0. The minimum atomic E-state index is -0.431. The molecule has 9 nitrogen and oxygen atoms in total. The average Bonchev–Trinajstić information content (AvgIpc) is 2.91. The number of rotatable bonds is 1. The lowest BCUT2D eigenvalue weighted by atomic mass is 10.1. The molecule has 9 heteroatoms. The molecular formula is C11H5N7O2. The van der Waals surface area contributed by atoms with Crippen LogP contribution in [0.4, 0.5) is 5.69 Å². The van der Waals surface area contributed by atoms with Gasteiger partial charge in [0.2, 0.25) is 0 Å². The van der Waals surface area contributed by atoms with Crippen LogP contribution in [0.2, 0.25) is 0 Å². The van der Waals surface area contributed by atoms with Gasteiger partial charge in [0.25, 0.3) is 11.5 Å². The highest BCUT2D eigenvalue weighted by Gasteiger charge is 2.11. The molecule has 0 fully saturated rings. The quantitative estimate of drug-likeness (QED) is 0.288.